The molecule has 17 heavy (non-hydrogen) atoms. The third-order valence-corrected chi connectivity index (χ3v) is 4.02. The number of aryl methyl sites for hydroxylation is 1. The molecule has 0 spiro atoms. The predicted octanol–water partition coefficient (Wildman–Crippen LogP) is 3.75. The molecule has 1 N–H and O–H groups in total. The number of rotatable bonds is 3. The molecule has 0 saturated carbocycles. The van der Waals surface area contributed by atoms with Crippen molar-refractivity contribution in [3.05, 3.63) is 56.2 Å². The second-order valence-corrected chi connectivity index (χ2v) is 5.69. The highest BCUT2D eigenvalue weighted by molar-refractivity contribution is 9.10. The molecule has 0 fully saturated rings. The molecule has 1 heterocycles. The summed E-state index contributed by atoms with van der Waals surface area (Å²) in [6.07, 6.45) is 0. The van der Waals surface area contributed by atoms with Gasteiger partial charge in [0.25, 0.3) is 5.91 Å². The summed E-state index contributed by atoms with van der Waals surface area (Å²) in [5, 5.41) is 4.91. The van der Waals surface area contributed by atoms with Crippen molar-refractivity contribution in [2.24, 2.45) is 0 Å². The summed E-state index contributed by atoms with van der Waals surface area (Å²) in [5.41, 5.74) is 1.80. The highest BCUT2D eigenvalue weighted by atomic mass is 79.9. The van der Waals surface area contributed by atoms with Crippen LogP contribution in [0.2, 0.25) is 0 Å². The summed E-state index contributed by atoms with van der Waals surface area (Å²) < 4.78 is 1.06. The van der Waals surface area contributed by atoms with Crippen LogP contribution in [0.3, 0.4) is 0 Å². The van der Waals surface area contributed by atoms with Gasteiger partial charge in [0.15, 0.2) is 0 Å². The van der Waals surface area contributed by atoms with Crippen molar-refractivity contribution in [1.82, 2.24) is 5.32 Å². The molecule has 2 rings (SSSR count). The van der Waals surface area contributed by atoms with Gasteiger partial charge >= 0.3 is 0 Å². The van der Waals surface area contributed by atoms with Crippen molar-refractivity contribution < 1.29 is 4.79 Å². The quantitative estimate of drug-likeness (QED) is 0.919. The number of nitrogens with one attached hydrogen (secondary N) is 1. The summed E-state index contributed by atoms with van der Waals surface area (Å²) in [6.45, 7) is 2.55. The molecule has 0 radical (unpaired) electrons. The minimum Gasteiger partial charge on any atom is -0.347 e. The Hall–Kier alpha value is -1.13. The average molecular weight is 310 g/mol. The SMILES string of the molecule is Cc1cccc(C(=O)NCc2cc(Br)cs2)c1. The number of benzene rings is 1. The Morgan fingerprint density at radius 1 is 1.41 bits per heavy atom. The smallest absolute Gasteiger partial charge is 0.251 e. The minimum atomic E-state index is -0.0294. The Kier molecular flexibility index (Phi) is 3.97. The van der Waals surface area contributed by atoms with Crippen LogP contribution >= 0.6 is 27.3 Å². The molecule has 0 aliphatic heterocycles. The lowest BCUT2D eigenvalue weighted by Crippen LogP contribution is -2.22. The molecule has 4 heteroatoms. The van der Waals surface area contributed by atoms with E-state index in [4.69, 9.17) is 0 Å². The minimum absolute atomic E-state index is 0.0294. The van der Waals surface area contributed by atoms with E-state index in [9.17, 15) is 4.79 Å². The third kappa shape index (κ3) is 3.41. The second-order valence-electron chi connectivity index (χ2n) is 3.78. The van der Waals surface area contributed by atoms with E-state index in [0.717, 1.165) is 14.9 Å². The van der Waals surface area contributed by atoms with Crippen LogP contribution in [0, 0.1) is 6.92 Å². The van der Waals surface area contributed by atoms with Gasteiger partial charge in [-0.3, -0.25) is 4.79 Å². The van der Waals surface area contributed by atoms with Crippen LogP contribution in [0.15, 0.2) is 40.2 Å². The summed E-state index contributed by atoms with van der Waals surface area (Å²) in [6, 6.07) is 9.60. The molecule has 0 saturated heterocycles. The van der Waals surface area contributed by atoms with Crippen molar-refractivity contribution in [1.29, 1.82) is 0 Å². The maximum Gasteiger partial charge on any atom is 0.251 e. The van der Waals surface area contributed by atoms with Crippen LogP contribution in [0.25, 0.3) is 0 Å². The van der Waals surface area contributed by atoms with Gasteiger partial charge < -0.3 is 5.32 Å². The van der Waals surface area contributed by atoms with Gasteiger partial charge in [-0.15, -0.1) is 11.3 Å². The number of hydrogen-bond acceptors (Lipinski definition) is 2. The van der Waals surface area contributed by atoms with E-state index in [2.05, 4.69) is 21.2 Å². The Morgan fingerprint density at radius 2 is 2.24 bits per heavy atom. The molecule has 2 nitrogen and oxygen atoms in total. The average Bonchev–Trinajstić information content (AvgIpc) is 2.72. The zero-order valence-electron chi connectivity index (χ0n) is 9.37. The van der Waals surface area contributed by atoms with E-state index < -0.39 is 0 Å². The lowest BCUT2D eigenvalue weighted by Gasteiger charge is -2.04. The van der Waals surface area contributed by atoms with Gasteiger partial charge in [0.1, 0.15) is 0 Å². The van der Waals surface area contributed by atoms with Crippen molar-refractivity contribution in [3.63, 3.8) is 0 Å². The summed E-state index contributed by atoms with van der Waals surface area (Å²) >= 11 is 5.02. The second kappa shape index (κ2) is 5.47. The van der Waals surface area contributed by atoms with Crippen LogP contribution in [0.4, 0.5) is 0 Å². The van der Waals surface area contributed by atoms with E-state index in [1.807, 2.05) is 42.6 Å². The zero-order valence-corrected chi connectivity index (χ0v) is 11.8. The first kappa shape index (κ1) is 12.3. The molecule has 0 aliphatic rings. The topological polar surface area (TPSA) is 29.1 Å². The van der Waals surface area contributed by atoms with Gasteiger partial charge in [0.2, 0.25) is 0 Å². The fourth-order valence-electron chi connectivity index (χ4n) is 1.50. The largest absolute Gasteiger partial charge is 0.347 e. The first-order chi connectivity index (χ1) is 8.15. The van der Waals surface area contributed by atoms with Crippen molar-refractivity contribution in [2.45, 2.75) is 13.5 Å². The number of carbonyl (C=O) groups excluding carboxylic acids is 1. The molecule has 2 aromatic rings. The summed E-state index contributed by atoms with van der Waals surface area (Å²) in [7, 11) is 0. The molecule has 1 aromatic carbocycles. The van der Waals surface area contributed by atoms with Crippen LogP contribution in [0.1, 0.15) is 20.8 Å². The molecule has 88 valence electrons. The number of thiophene rings is 1. The Bertz CT molecular complexity index is 536. The summed E-state index contributed by atoms with van der Waals surface area (Å²) in [5.74, 6) is -0.0294. The van der Waals surface area contributed by atoms with Crippen LogP contribution < -0.4 is 5.32 Å². The molecular formula is C13H12BrNOS. The van der Waals surface area contributed by atoms with Crippen molar-refractivity contribution >= 4 is 33.2 Å². The first-order valence-corrected chi connectivity index (χ1v) is 6.90. The monoisotopic (exact) mass is 309 g/mol. The number of carbonyl (C=O) groups is 1. The highest BCUT2D eigenvalue weighted by Gasteiger charge is 2.05. The van der Waals surface area contributed by atoms with Gasteiger partial charge in [-0.05, 0) is 41.1 Å². The molecule has 1 aromatic heterocycles. The van der Waals surface area contributed by atoms with Gasteiger partial charge in [-0.25, -0.2) is 0 Å². The van der Waals surface area contributed by atoms with E-state index >= 15 is 0 Å². The van der Waals surface area contributed by atoms with E-state index in [1.165, 1.54) is 0 Å². The predicted molar refractivity (Wildman–Crippen MR) is 74.4 cm³/mol. The van der Waals surface area contributed by atoms with Gasteiger partial charge in [0, 0.05) is 20.3 Å². The molecule has 0 atom stereocenters. The van der Waals surface area contributed by atoms with Gasteiger partial charge in [-0.1, -0.05) is 17.7 Å². The van der Waals surface area contributed by atoms with Crippen molar-refractivity contribution in [3.8, 4) is 0 Å². The highest BCUT2D eigenvalue weighted by Crippen LogP contribution is 2.19. The number of halogens is 1. The number of amides is 1. The number of hydrogen-bond donors (Lipinski definition) is 1. The lowest BCUT2D eigenvalue weighted by molar-refractivity contribution is 0.0951. The standard InChI is InChI=1S/C13H12BrNOS/c1-9-3-2-4-10(5-9)13(16)15-7-12-6-11(14)8-17-12/h2-6,8H,7H2,1H3,(H,15,16). The maximum absolute atomic E-state index is 11.9. The third-order valence-electron chi connectivity index (χ3n) is 2.33. The molecule has 0 aliphatic carbocycles. The normalized spacial score (nSPS) is 10.2. The molecule has 0 unspecified atom stereocenters. The maximum atomic E-state index is 11.9. The van der Waals surface area contributed by atoms with Crippen molar-refractivity contribution in [2.75, 3.05) is 0 Å². The van der Waals surface area contributed by atoms with Gasteiger partial charge in [-0.2, -0.15) is 0 Å². The van der Waals surface area contributed by atoms with Crippen LogP contribution in [-0.4, -0.2) is 5.91 Å². The Morgan fingerprint density at radius 3 is 2.88 bits per heavy atom. The first-order valence-electron chi connectivity index (χ1n) is 5.23. The van der Waals surface area contributed by atoms with Crippen LogP contribution in [0.5, 0.6) is 0 Å². The Balaban J connectivity index is 1.98. The fourth-order valence-corrected chi connectivity index (χ4v) is 2.89. The lowest BCUT2D eigenvalue weighted by atomic mass is 10.1. The van der Waals surface area contributed by atoms with E-state index in [-0.39, 0.29) is 5.91 Å². The van der Waals surface area contributed by atoms with Crippen LogP contribution in [-0.2, 0) is 6.54 Å². The Labute approximate surface area is 113 Å². The fraction of sp³-hybridized carbons (Fsp3) is 0.154. The molecule has 1 amide bonds. The zero-order chi connectivity index (χ0) is 12.3. The molecule has 0 bridgehead atoms. The van der Waals surface area contributed by atoms with E-state index in [1.54, 1.807) is 11.3 Å². The van der Waals surface area contributed by atoms with E-state index in [0.29, 0.717) is 12.1 Å². The summed E-state index contributed by atoms with van der Waals surface area (Å²) in [4.78, 5) is 13.0. The van der Waals surface area contributed by atoms with Gasteiger partial charge in [0.05, 0.1) is 6.54 Å². The molecular weight excluding hydrogens is 298 g/mol.